The Morgan fingerprint density at radius 3 is 2.51 bits per heavy atom. The van der Waals surface area contributed by atoms with Crippen LogP contribution in [0.1, 0.15) is 22.3 Å². The van der Waals surface area contributed by atoms with E-state index in [1.807, 2.05) is 13.0 Å². The van der Waals surface area contributed by atoms with Crippen LogP contribution in [-0.4, -0.2) is 25.0 Å². The molecule has 1 N–H and O–H groups in total. The minimum absolute atomic E-state index is 0.0500. The highest BCUT2D eigenvalue weighted by Crippen LogP contribution is 2.30. The van der Waals surface area contributed by atoms with Crippen LogP contribution in [-0.2, 0) is 16.2 Å². The highest BCUT2D eigenvalue weighted by Gasteiger charge is 2.37. The van der Waals surface area contributed by atoms with E-state index in [1.54, 1.807) is 49.4 Å². The van der Waals surface area contributed by atoms with Gasteiger partial charge < -0.3 is 9.47 Å². The van der Waals surface area contributed by atoms with Crippen LogP contribution < -0.4 is 19.7 Å². The predicted molar refractivity (Wildman–Crippen MR) is 129 cm³/mol. The molecule has 0 atom stereocenters. The Balaban J connectivity index is 1.70. The van der Waals surface area contributed by atoms with Gasteiger partial charge in [0.1, 0.15) is 29.5 Å². The van der Waals surface area contributed by atoms with E-state index in [4.69, 9.17) is 9.47 Å². The number of nitrogens with one attached hydrogen (secondary N) is 1. The first-order chi connectivity index (χ1) is 16.8. The zero-order valence-corrected chi connectivity index (χ0v) is 19.4. The summed E-state index contributed by atoms with van der Waals surface area (Å²) in [5.41, 5.74) is 2.85. The van der Waals surface area contributed by atoms with Gasteiger partial charge >= 0.3 is 6.03 Å². The maximum absolute atomic E-state index is 13.5. The van der Waals surface area contributed by atoms with Crippen LogP contribution in [0.2, 0.25) is 0 Å². The normalized spacial score (nSPS) is 14.8. The summed E-state index contributed by atoms with van der Waals surface area (Å²) in [6.45, 7) is 3.73. The van der Waals surface area contributed by atoms with E-state index >= 15 is 0 Å². The fourth-order valence-corrected chi connectivity index (χ4v) is 3.76. The zero-order valence-electron chi connectivity index (χ0n) is 19.4. The van der Waals surface area contributed by atoms with E-state index in [0.717, 1.165) is 10.5 Å². The number of carbonyl (C=O) groups excluding carboxylic acids is 3. The van der Waals surface area contributed by atoms with Gasteiger partial charge in [-0.3, -0.25) is 14.9 Å². The molecule has 0 unspecified atom stereocenters. The number of hydrogen-bond acceptors (Lipinski definition) is 5. The van der Waals surface area contributed by atoms with Gasteiger partial charge in [0.15, 0.2) is 0 Å². The van der Waals surface area contributed by atoms with E-state index in [0.29, 0.717) is 33.9 Å². The van der Waals surface area contributed by atoms with Crippen LogP contribution in [0.5, 0.6) is 11.5 Å². The summed E-state index contributed by atoms with van der Waals surface area (Å²) in [5, 5.41) is 2.23. The topological polar surface area (TPSA) is 84.9 Å². The molecule has 0 bridgehead atoms. The van der Waals surface area contributed by atoms with Gasteiger partial charge in [0.2, 0.25) is 0 Å². The van der Waals surface area contributed by atoms with Crippen molar-refractivity contribution in [3.8, 4) is 11.5 Å². The van der Waals surface area contributed by atoms with Crippen molar-refractivity contribution in [2.75, 3.05) is 12.0 Å². The van der Waals surface area contributed by atoms with Crippen molar-refractivity contribution in [1.82, 2.24) is 5.32 Å². The van der Waals surface area contributed by atoms with E-state index in [-0.39, 0.29) is 18.0 Å². The SMILES string of the molecule is COc1ccc(/C=C2\C(=O)NC(=O)N(c3ccc(C)cc3C)C2=O)c(OCc2cccc(F)c2)c1. The minimum atomic E-state index is -0.818. The number of rotatable bonds is 6. The number of urea groups is 1. The Hall–Kier alpha value is -4.46. The maximum atomic E-state index is 13.5. The molecule has 178 valence electrons. The van der Waals surface area contributed by atoms with Gasteiger partial charge in [-0.15, -0.1) is 0 Å². The largest absolute Gasteiger partial charge is 0.497 e. The Labute approximate surface area is 201 Å². The molecule has 0 aromatic heterocycles. The average molecular weight is 474 g/mol. The van der Waals surface area contributed by atoms with E-state index < -0.39 is 17.8 Å². The number of anilines is 1. The number of halogens is 1. The number of carbonyl (C=O) groups is 3. The highest BCUT2D eigenvalue weighted by molar-refractivity contribution is 6.39. The number of hydrogen-bond donors (Lipinski definition) is 1. The minimum Gasteiger partial charge on any atom is -0.497 e. The number of amides is 4. The number of nitrogens with zero attached hydrogens (tertiary/aromatic N) is 1. The lowest BCUT2D eigenvalue weighted by Crippen LogP contribution is -2.54. The smallest absolute Gasteiger partial charge is 0.335 e. The molecule has 1 saturated heterocycles. The van der Waals surface area contributed by atoms with Crippen molar-refractivity contribution in [2.24, 2.45) is 0 Å². The van der Waals surface area contributed by atoms with Crippen LogP contribution in [0.4, 0.5) is 14.9 Å². The standard InChI is InChI=1S/C27H23FN2O5/c1-16-7-10-23(17(2)11-16)30-26(32)22(25(31)29-27(30)33)13-19-8-9-21(34-3)14-24(19)35-15-18-5-4-6-20(28)12-18/h4-14H,15H2,1-3H3,(H,29,31,33)/b22-13+. The maximum Gasteiger partial charge on any atom is 0.335 e. The molecule has 3 aromatic rings. The fourth-order valence-electron chi connectivity index (χ4n) is 3.76. The predicted octanol–water partition coefficient (Wildman–Crippen LogP) is 4.70. The van der Waals surface area contributed by atoms with Gasteiger partial charge in [-0.05, 0) is 61.4 Å². The second kappa shape index (κ2) is 9.80. The second-order valence-electron chi connectivity index (χ2n) is 8.07. The number of barbiturate groups is 1. The molecule has 35 heavy (non-hydrogen) atoms. The molecule has 4 rings (SSSR count). The first kappa shape index (κ1) is 23.7. The number of ether oxygens (including phenoxy) is 2. The third-order valence-electron chi connectivity index (χ3n) is 5.50. The molecule has 0 spiro atoms. The van der Waals surface area contributed by atoms with Gasteiger partial charge in [-0.1, -0.05) is 29.8 Å². The molecular weight excluding hydrogens is 451 g/mol. The van der Waals surface area contributed by atoms with Gasteiger partial charge in [0, 0.05) is 11.6 Å². The zero-order chi connectivity index (χ0) is 25.1. The van der Waals surface area contributed by atoms with Crippen molar-refractivity contribution < 1.29 is 28.2 Å². The van der Waals surface area contributed by atoms with Crippen LogP contribution in [0.3, 0.4) is 0 Å². The highest BCUT2D eigenvalue weighted by atomic mass is 19.1. The third-order valence-corrected chi connectivity index (χ3v) is 5.50. The summed E-state index contributed by atoms with van der Waals surface area (Å²) in [4.78, 5) is 39.4. The molecule has 0 saturated carbocycles. The van der Waals surface area contributed by atoms with Crippen molar-refractivity contribution in [3.63, 3.8) is 0 Å². The quantitative estimate of drug-likeness (QED) is 0.414. The molecule has 4 amide bonds. The van der Waals surface area contributed by atoms with E-state index in [9.17, 15) is 18.8 Å². The Kier molecular flexibility index (Phi) is 6.64. The monoisotopic (exact) mass is 474 g/mol. The molecule has 7 nitrogen and oxygen atoms in total. The molecule has 1 fully saturated rings. The van der Waals surface area contributed by atoms with Gasteiger partial charge in [-0.2, -0.15) is 0 Å². The van der Waals surface area contributed by atoms with Crippen LogP contribution in [0.25, 0.3) is 6.08 Å². The lowest BCUT2D eigenvalue weighted by Gasteiger charge is -2.27. The van der Waals surface area contributed by atoms with Gasteiger partial charge in [-0.25, -0.2) is 14.1 Å². The van der Waals surface area contributed by atoms with Crippen molar-refractivity contribution in [3.05, 3.63) is 94.3 Å². The third kappa shape index (κ3) is 5.06. The molecule has 0 aliphatic carbocycles. The molecule has 3 aromatic carbocycles. The summed E-state index contributed by atoms with van der Waals surface area (Å²) < 4.78 is 24.7. The van der Waals surface area contributed by atoms with Crippen LogP contribution in [0.15, 0.2) is 66.2 Å². The molecule has 0 radical (unpaired) electrons. The molecule has 8 heteroatoms. The lowest BCUT2D eigenvalue weighted by atomic mass is 10.0. The summed E-state index contributed by atoms with van der Waals surface area (Å²) >= 11 is 0. The summed E-state index contributed by atoms with van der Waals surface area (Å²) in [5.74, 6) is -1.14. The Morgan fingerprint density at radius 2 is 1.80 bits per heavy atom. The summed E-state index contributed by atoms with van der Waals surface area (Å²) in [6, 6.07) is 15.3. The Morgan fingerprint density at radius 1 is 1.00 bits per heavy atom. The van der Waals surface area contributed by atoms with Crippen LogP contribution in [0, 0.1) is 19.7 Å². The number of imide groups is 2. The fraction of sp³-hybridized carbons (Fsp3) is 0.148. The van der Waals surface area contributed by atoms with Crippen molar-refractivity contribution in [2.45, 2.75) is 20.5 Å². The Bertz CT molecular complexity index is 1370. The van der Waals surface area contributed by atoms with E-state index in [1.165, 1.54) is 25.3 Å². The van der Waals surface area contributed by atoms with Crippen LogP contribution >= 0.6 is 0 Å². The second-order valence-corrected chi connectivity index (χ2v) is 8.07. The average Bonchev–Trinajstić information content (AvgIpc) is 2.82. The lowest BCUT2D eigenvalue weighted by molar-refractivity contribution is -0.122. The molecule has 1 aliphatic heterocycles. The van der Waals surface area contributed by atoms with Crippen molar-refractivity contribution >= 4 is 29.6 Å². The summed E-state index contributed by atoms with van der Waals surface area (Å²) in [7, 11) is 1.50. The molecule has 1 aliphatic rings. The number of methoxy groups -OCH3 is 1. The molecular formula is C27H23FN2O5. The van der Waals surface area contributed by atoms with E-state index in [2.05, 4.69) is 5.32 Å². The van der Waals surface area contributed by atoms with Gasteiger partial charge in [0.05, 0.1) is 12.8 Å². The first-order valence-corrected chi connectivity index (χ1v) is 10.8. The summed E-state index contributed by atoms with van der Waals surface area (Å²) in [6.07, 6.45) is 1.36. The van der Waals surface area contributed by atoms with Gasteiger partial charge in [0.25, 0.3) is 11.8 Å². The number of benzene rings is 3. The van der Waals surface area contributed by atoms with Crippen molar-refractivity contribution in [1.29, 1.82) is 0 Å². The molecule has 1 heterocycles. The first-order valence-electron chi connectivity index (χ1n) is 10.8. The number of aryl methyl sites for hydroxylation is 2.